The van der Waals surface area contributed by atoms with Crippen LogP contribution in [0, 0.1) is 20.2 Å². The van der Waals surface area contributed by atoms with E-state index >= 15 is 0 Å². The van der Waals surface area contributed by atoms with Crippen molar-refractivity contribution in [1.29, 1.82) is 0 Å². The van der Waals surface area contributed by atoms with Crippen LogP contribution in [0.4, 0.5) is 11.4 Å². The Morgan fingerprint density at radius 3 is 2.08 bits per heavy atom. The van der Waals surface area contributed by atoms with Crippen molar-refractivity contribution in [2.45, 2.75) is 11.8 Å². The van der Waals surface area contributed by atoms with Gasteiger partial charge in [-0.3, -0.25) is 29.8 Å². The lowest BCUT2D eigenvalue weighted by molar-refractivity contribution is -0.394. The minimum atomic E-state index is -1.07. The molecule has 1 atom stereocenters. The number of hydrazone groups is 1. The second-order valence-electron chi connectivity index (χ2n) is 7.42. The molecule has 3 aromatic rings. The molecule has 3 rings (SSSR count). The first-order valence-electron chi connectivity index (χ1n) is 10.6. The molecule has 11 nitrogen and oxygen atoms in total. The minimum absolute atomic E-state index is 0.157. The topological polar surface area (TPSA) is 157 Å². The molecule has 0 spiro atoms. The van der Waals surface area contributed by atoms with E-state index < -0.39 is 39.1 Å². The summed E-state index contributed by atoms with van der Waals surface area (Å²) in [5.74, 6) is -0.759. The summed E-state index contributed by atoms with van der Waals surface area (Å²) in [6, 6.07) is 20.1. The predicted molar refractivity (Wildman–Crippen MR) is 136 cm³/mol. The van der Waals surface area contributed by atoms with Crippen LogP contribution < -0.4 is 10.7 Å². The van der Waals surface area contributed by atoms with Gasteiger partial charge in [-0.2, -0.15) is 16.9 Å². The molecule has 0 radical (unpaired) electrons. The highest BCUT2D eigenvalue weighted by Crippen LogP contribution is 2.23. The van der Waals surface area contributed by atoms with Crippen LogP contribution in [0.25, 0.3) is 0 Å². The van der Waals surface area contributed by atoms with Crippen LogP contribution in [0.2, 0.25) is 0 Å². The van der Waals surface area contributed by atoms with Crippen molar-refractivity contribution in [3.63, 3.8) is 0 Å². The lowest BCUT2D eigenvalue weighted by atomic mass is 10.1. The summed E-state index contributed by atoms with van der Waals surface area (Å²) in [7, 11) is 0. The maximum Gasteiger partial charge on any atom is 0.277 e. The van der Waals surface area contributed by atoms with E-state index in [1.807, 2.05) is 48.5 Å². The molecule has 3 aromatic carbocycles. The van der Waals surface area contributed by atoms with E-state index in [4.69, 9.17) is 0 Å². The number of hydrogen-bond acceptors (Lipinski definition) is 8. The van der Waals surface area contributed by atoms with E-state index in [-0.39, 0.29) is 11.3 Å². The zero-order chi connectivity index (χ0) is 25.9. The molecule has 2 amide bonds. The average Bonchev–Trinajstić information content (AvgIpc) is 2.88. The number of nitro groups is 2. The molecule has 0 bridgehead atoms. The zero-order valence-corrected chi connectivity index (χ0v) is 19.6. The zero-order valence-electron chi connectivity index (χ0n) is 18.8. The first kappa shape index (κ1) is 26.0. The van der Waals surface area contributed by atoms with Gasteiger partial charge in [0.25, 0.3) is 23.2 Å². The Bertz CT molecular complexity index is 1240. The maximum absolute atomic E-state index is 12.9. The van der Waals surface area contributed by atoms with Crippen molar-refractivity contribution >= 4 is 41.2 Å². The number of thioether (sulfide) groups is 1. The molecule has 0 aliphatic heterocycles. The lowest BCUT2D eigenvalue weighted by Crippen LogP contribution is -2.47. The van der Waals surface area contributed by atoms with Crippen LogP contribution in [0.3, 0.4) is 0 Å². The molecule has 12 heteroatoms. The number of nitrogens with zero attached hydrogens (tertiary/aromatic N) is 3. The Morgan fingerprint density at radius 1 is 0.917 bits per heavy atom. The third-order valence-corrected chi connectivity index (χ3v) is 5.90. The molecule has 184 valence electrons. The number of benzene rings is 3. The molecule has 0 saturated heterocycles. The average molecular weight is 508 g/mol. The smallest absolute Gasteiger partial charge is 0.277 e. The molecule has 0 aliphatic rings. The minimum Gasteiger partial charge on any atom is -0.339 e. The van der Waals surface area contributed by atoms with Gasteiger partial charge < -0.3 is 5.32 Å². The number of rotatable bonds is 11. The molecule has 0 aromatic heterocycles. The molecule has 36 heavy (non-hydrogen) atoms. The van der Waals surface area contributed by atoms with Crippen LogP contribution in [0.15, 0.2) is 84.0 Å². The summed E-state index contributed by atoms with van der Waals surface area (Å²) in [5, 5.41) is 28.7. The van der Waals surface area contributed by atoms with E-state index in [1.54, 1.807) is 12.1 Å². The third-order valence-electron chi connectivity index (χ3n) is 4.79. The molecular formula is C24H21N5O6S. The summed E-state index contributed by atoms with van der Waals surface area (Å²) >= 11 is 1.38. The molecule has 0 unspecified atom stereocenters. The van der Waals surface area contributed by atoms with Gasteiger partial charge in [0.05, 0.1) is 27.7 Å². The van der Waals surface area contributed by atoms with Gasteiger partial charge >= 0.3 is 0 Å². The Hall–Kier alpha value is -4.58. The van der Waals surface area contributed by atoms with Gasteiger partial charge in [-0.25, -0.2) is 5.43 Å². The second-order valence-corrected chi connectivity index (χ2v) is 8.45. The predicted octanol–water partition coefficient (Wildman–Crippen LogP) is 3.69. The van der Waals surface area contributed by atoms with Crippen molar-refractivity contribution in [2.75, 3.05) is 5.75 Å². The Labute approximate surface area is 209 Å². The quantitative estimate of drug-likeness (QED) is 0.228. The molecule has 0 heterocycles. The fourth-order valence-electron chi connectivity index (χ4n) is 3.02. The van der Waals surface area contributed by atoms with Crippen molar-refractivity contribution < 1.29 is 19.4 Å². The van der Waals surface area contributed by atoms with E-state index in [0.29, 0.717) is 5.75 Å². The fraction of sp³-hybridized carbons (Fsp3) is 0.125. The van der Waals surface area contributed by atoms with E-state index in [9.17, 15) is 29.8 Å². The molecular weight excluding hydrogens is 486 g/mol. The van der Waals surface area contributed by atoms with E-state index in [0.717, 1.165) is 29.3 Å². The van der Waals surface area contributed by atoms with E-state index in [1.165, 1.54) is 18.0 Å². The number of amides is 2. The molecule has 0 fully saturated rings. The normalized spacial score (nSPS) is 11.6. The Balaban J connectivity index is 1.75. The number of carbonyl (C=O) groups excluding carboxylic acids is 2. The van der Waals surface area contributed by atoms with Crippen LogP contribution in [-0.4, -0.2) is 39.7 Å². The Kier molecular flexibility index (Phi) is 9.23. The first-order valence-corrected chi connectivity index (χ1v) is 11.7. The SMILES string of the molecule is O=C(N[C@H](CSCc1ccccc1)C(=O)N/N=C\c1ccccc1)c1cc([N+](=O)[O-])cc([N+](=O)[O-])c1. The van der Waals surface area contributed by atoms with Crippen LogP contribution >= 0.6 is 11.8 Å². The van der Waals surface area contributed by atoms with Crippen LogP contribution in [0.1, 0.15) is 21.5 Å². The number of non-ortho nitro benzene ring substituents is 2. The van der Waals surface area contributed by atoms with Crippen molar-refractivity contribution in [2.24, 2.45) is 5.10 Å². The van der Waals surface area contributed by atoms with Gasteiger partial charge in [-0.05, 0) is 11.1 Å². The summed E-state index contributed by atoms with van der Waals surface area (Å²) in [4.78, 5) is 46.3. The molecule has 0 aliphatic carbocycles. The highest BCUT2D eigenvalue weighted by molar-refractivity contribution is 7.98. The highest BCUT2D eigenvalue weighted by Gasteiger charge is 2.25. The fourth-order valence-corrected chi connectivity index (χ4v) is 4.03. The lowest BCUT2D eigenvalue weighted by Gasteiger charge is -2.17. The summed E-state index contributed by atoms with van der Waals surface area (Å²) in [6.45, 7) is 0. The number of nitro benzene ring substituents is 2. The van der Waals surface area contributed by atoms with Crippen LogP contribution in [-0.2, 0) is 10.5 Å². The number of nitrogens with one attached hydrogen (secondary N) is 2. The van der Waals surface area contributed by atoms with Gasteiger partial charge in [0, 0.05) is 23.6 Å². The monoisotopic (exact) mass is 507 g/mol. The van der Waals surface area contributed by atoms with Gasteiger partial charge in [-0.1, -0.05) is 60.7 Å². The van der Waals surface area contributed by atoms with Crippen molar-refractivity contribution in [1.82, 2.24) is 10.7 Å². The number of carbonyl (C=O) groups is 2. The van der Waals surface area contributed by atoms with Crippen molar-refractivity contribution in [3.05, 3.63) is 116 Å². The standard InChI is InChI=1S/C24H21N5O6S/c30-23(19-11-20(28(32)33)13-21(12-19)29(34)35)26-22(16-36-15-18-9-5-2-6-10-18)24(31)27-25-14-17-7-3-1-4-8-17/h1-14,22H,15-16H2,(H,26,30)(H,27,31)/b25-14-/t22-/m1/s1. The Morgan fingerprint density at radius 2 is 1.50 bits per heavy atom. The third kappa shape index (κ3) is 7.74. The van der Waals surface area contributed by atoms with Gasteiger partial charge in [0.2, 0.25) is 0 Å². The first-order chi connectivity index (χ1) is 17.3. The van der Waals surface area contributed by atoms with Crippen LogP contribution in [0.5, 0.6) is 0 Å². The van der Waals surface area contributed by atoms with Gasteiger partial charge in [0.1, 0.15) is 6.04 Å². The maximum atomic E-state index is 12.9. The second kappa shape index (κ2) is 12.8. The largest absolute Gasteiger partial charge is 0.339 e. The summed E-state index contributed by atoms with van der Waals surface area (Å²) in [6.07, 6.45) is 1.44. The molecule has 0 saturated carbocycles. The van der Waals surface area contributed by atoms with Gasteiger partial charge in [0.15, 0.2) is 0 Å². The van der Waals surface area contributed by atoms with Crippen molar-refractivity contribution in [3.8, 4) is 0 Å². The number of hydrogen-bond donors (Lipinski definition) is 2. The summed E-state index contributed by atoms with van der Waals surface area (Å²) < 4.78 is 0. The highest BCUT2D eigenvalue weighted by atomic mass is 32.2. The van der Waals surface area contributed by atoms with E-state index in [2.05, 4.69) is 15.8 Å². The van der Waals surface area contributed by atoms with Gasteiger partial charge in [-0.15, -0.1) is 0 Å². The summed E-state index contributed by atoms with van der Waals surface area (Å²) in [5.41, 5.74) is 2.62. The molecule has 2 N–H and O–H groups in total.